The van der Waals surface area contributed by atoms with Crippen LogP contribution in [-0.2, 0) is 34.0 Å². The van der Waals surface area contributed by atoms with E-state index in [0.29, 0.717) is 16.8 Å². The van der Waals surface area contributed by atoms with E-state index in [0.717, 1.165) is 5.56 Å². The van der Waals surface area contributed by atoms with Crippen molar-refractivity contribution in [2.45, 2.75) is 19.6 Å². The zero-order valence-corrected chi connectivity index (χ0v) is 22.3. The molecule has 4 aromatic rings. The molecular weight excluding hydrogens is 534 g/mol. The second kappa shape index (κ2) is 12.2. The lowest BCUT2D eigenvalue weighted by atomic mass is 10.1. The summed E-state index contributed by atoms with van der Waals surface area (Å²) in [4.78, 5) is 63.4. The number of nitrogens with zero attached hydrogens (tertiary/aromatic N) is 4. The fraction of sp³-hybridized carbons (Fsp3) is 0.214. The Kier molecular flexibility index (Phi) is 8.46. The van der Waals surface area contributed by atoms with Gasteiger partial charge in [-0.3, -0.25) is 28.8 Å². The SMILES string of the molecule is COC(=O)c1ccc2c(c1)n(CC(=O)N(CC(N)=O)Cc1ccccc1)c(=O)n2Cc1cc([N+](=O)[O-])ccc1OC. The van der Waals surface area contributed by atoms with Crippen LogP contribution in [0, 0.1) is 10.1 Å². The highest BCUT2D eigenvalue weighted by molar-refractivity contribution is 5.94. The van der Waals surface area contributed by atoms with Crippen LogP contribution in [0.15, 0.2) is 71.5 Å². The van der Waals surface area contributed by atoms with Crippen LogP contribution < -0.4 is 16.2 Å². The highest BCUT2D eigenvalue weighted by atomic mass is 16.6. The van der Waals surface area contributed by atoms with Gasteiger partial charge in [0.05, 0.1) is 48.8 Å². The predicted octanol–water partition coefficient (Wildman–Crippen LogP) is 2.07. The van der Waals surface area contributed by atoms with E-state index in [1.54, 1.807) is 24.3 Å². The number of hydrogen-bond acceptors (Lipinski definition) is 8. The standard InChI is InChI=1S/C28H27N5O8/c1-40-24-11-9-21(33(38)39)12-20(24)15-31-22-10-8-19(27(36)41-2)13-23(22)32(28(31)37)17-26(35)30(16-25(29)34)14-18-6-4-3-5-7-18/h3-13H,14-17H2,1-2H3,(H2,29,34). The molecule has 3 aromatic carbocycles. The van der Waals surface area contributed by atoms with Crippen molar-refractivity contribution in [1.82, 2.24) is 14.0 Å². The highest BCUT2D eigenvalue weighted by Crippen LogP contribution is 2.26. The van der Waals surface area contributed by atoms with Crippen molar-refractivity contribution in [3.05, 3.63) is 104 Å². The molecule has 41 heavy (non-hydrogen) atoms. The number of hydrogen-bond donors (Lipinski definition) is 1. The molecule has 0 aliphatic rings. The summed E-state index contributed by atoms with van der Waals surface area (Å²) in [7, 11) is 2.62. The van der Waals surface area contributed by atoms with Crippen molar-refractivity contribution in [2.24, 2.45) is 5.73 Å². The van der Waals surface area contributed by atoms with E-state index in [9.17, 15) is 29.3 Å². The van der Waals surface area contributed by atoms with Gasteiger partial charge in [-0.05, 0) is 29.8 Å². The average Bonchev–Trinajstić information content (AvgIpc) is 3.21. The fourth-order valence-electron chi connectivity index (χ4n) is 4.50. The van der Waals surface area contributed by atoms with Gasteiger partial charge < -0.3 is 20.1 Å². The number of non-ortho nitro benzene ring substituents is 1. The monoisotopic (exact) mass is 561 g/mol. The zero-order chi connectivity index (χ0) is 29.7. The Labute approximate surface area is 233 Å². The molecular formula is C28H27N5O8. The van der Waals surface area contributed by atoms with Crippen LogP contribution >= 0.6 is 0 Å². The Balaban J connectivity index is 1.81. The lowest BCUT2D eigenvalue weighted by molar-refractivity contribution is -0.384. The van der Waals surface area contributed by atoms with Crippen molar-refractivity contribution < 1.29 is 28.8 Å². The number of carbonyl (C=O) groups excluding carboxylic acids is 3. The Morgan fingerprint density at radius 1 is 0.976 bits per heavy atom. The number of primary amides is 1. The molecule has 0 spiro atoms. The minimum absolute atomic E-state index is 0.0777. The maximum atomic E-state index is 13.8. The van der Waals surface area contributed by atoms with Crippen LogP contribution in [-0.4, -0.2) is 57.5 Å². The van der Waals surface area contributed by atoms with Crippen LogP contribution in [0.5, 0.6) is 5.75 Å². The summed E-state index contributed by atoms with van der Waals surface area (Å²) in [5, 5.41) is 11.4. The summed E-state index contributed by atoms with van der Waals surface area (Å²) in [5.74, 6) is -1.62. The predicted molar refractivity (Wildman–Crippen MR) is 147 cm³/mol. The number of aromatic nitrogens is 2. The van der Waals surface area contributed by atoms with Crippen molar-refractivity contribution in [3.63, 3.8) is 0 Å². The lowest BCUT2D eigenvalue weighted by Crippen LogP contribution is -2.41. The number of methoxy groups -OCH3 is 2. The normalized spacial score (nSPS) is 10.8. The van der Waals surface area contributed by atoms with Crippen LogP contribution in [0.1, 0.15) is 21.5 Å². The molecule has 0 fully saturated rings. The van der Waals surface area contributed by atoms with Gasteiger partial charge in [-0.2, -0.15) is 0 Å². The minimum atomic E-state index is -0.727. The van der Waals surface area contributed by atoms with Gasteiger partial charge in [0.1, 0.15) is 12.3 Å². The number of nitro groups is 1. The lowest BCUT2D eigenvalue weighted by Gasteiger charge is -2.21. The molecule has 2 amide bonds. The van der Waals surface area contributed by atoms with Crippen LogP contribution in [0.4, 0.5) is 5.69 Å². The third kappa shape index (κ3) is 6.24. The summed E-state index contributed by atoms with van der Waals surface area (Å²) >= 11 is 0. The first kappa shape index (κ1) is 28.5. The third-order valence-electron chi connectivity index (χ3n) is 6.45. The van der Waals surface area contributed by atoms with Gasteiger partial charge >= 0.3 is 11.7 Å². The highest BCUT2D eigenvalue weighted by Gasteiger charge is 2.23. The number of nitrogens with two attached hydrogens (primary N) is 1. The van der Waals surface area contributed by atoms with Crippen LogP contribution in [0.3, 0.4) is 0 Å². The second-order valence-corrected chi connectivity index (χ2v) is 9.10. The number of fused-ring (bicyclic) bond motifs is 1. The molecule has 212 valence electrons. The van der Waals surface area contributed by atoms with Crippen molar-refractivity contribution >= 4 is 34.5 Å². The molecule has 13 nitrogen and oxygen atoms in total. The summed E-state index contributed by atoms with van der Waals surface area (Å²) < 4.78 is 12.7. The number of rotatable bonds is 11. The quantitative estimate of drug-likeness (QED) is 0.165. The molecule has 0 saturated heterocycles. The molecule has 0 radical (unpaired) electrons. The largest absolute Gasteiger partial charge is 0.496 e. The maximum absolute atomic E-state index is 13.8. The number of carbonyl (C=O) groups is 3. The molecule has 0 aliphatic carbocycles. The maximum Gasteiger partial charge on any atom is 0.337 e. The third-order valence-corrected chi connectivity index (χ3v) is 6.45. The van der Waals surface area contributed by atoms with Crippen molar-refractivity contribution in [1.29, 1.82) is 0 Å². The Bertz CT molecular complexity index is 1690. The molecule has 0 unspecified atom stereocenters. The number of benzene rings is 3. The Morgan fingerprint density at radius 3 is 2.34 bits per heavy atom. The summed E-state index contributed by atoms with van der Waals surface area (Å²) in [6, 6.07) is 17.4. The zero-order valence-electron chi connectivity index (χ0n) is 22.3. The molecule has 0 aliphatic heterocycles. The molecule has 1 aromatic heterocycles. The molecule has 2 N–H and O–H groups in total. The number of esters is 1. The first-order chi connectivity index (χ1) is 19.6. The Hall–Kier alpha value is -5.46. The van der Waals surface area contributed by atoms with E-state index >= 15 is 0 Å². The van der Waals surface area contributed by atoms with E-state index < -0.39 is 34.9 Å². The number of imidazole rings is 1. The number of ether oxygens (including phenoxy) is 2. The number of nitro benzene ring substituents is 1. The van der Waals surface area contributed by atoms with Gasteiger partial charge in [-0.25, -0.2) is 9.59 Å². The van der Waals surface area contributed by atoms with Crippen molar-refractivity contribution in [2.75, 3.05) is 20.8 Å². The topological polar surface area (TPSA) is 169 Å². The summed E-state index contributed by atoms with van der Waals surface area (Å²) in [6.07, 6.45) is 0. The second-order valence-electron chi connectivity index (χ2n) is 9.10. The van der Waals surface area contributed by atoms with Gasteiger partial charge in [0.2, 0.25) is 11.8 Å². The molecule has 0 saturated carbocycles. The summed E-state index contributed by atoms with van der Waals surface area (Å²) in [5.41, 5.74) is 6.44. The van der Waals surface area contributed by atoms with Crippen molar-refractivity contribution in [3.8, 4) is 5.75 Å². The van der Waals surface area contributed by atoms with E-state index in [-0.39, 0.29) is 36.4 Å². The first-order valence-corrected chi connectivity index (χ1v) is 12.4. The first-order valence-electron chi connectivity index (χ1n) is 12.4. The molecule has 0 bridgehead atoms. The molecule has 13 heteroatoms. The molecule has 4 rings (SSSR count). The van der Waals surface area contributed by atoms with E-state index in [2.05, 4.69) is 0 Å². The van der Waals surface area contributed by atoms with E-state index in [4.69, 9.17) is 15.2 Å². The van der Waals surface area contributed by atoms with Gasteiger partial charge in [0, 0.05) is 24.2 Å². The van der Waals surface area contributed by atoms with E-state index in [1.807, 2.05) is 6.07 Å². The molecule has 0 atom stereocenters. The fourth-order valence-corrected chi connectivity index (χ4v) is 4.50. The van der Waals surface area contributed by atoms with Gasteiger partial charge in [0.25, 0.3) is 5.69 Å². The van der Waals surface area contributed by atoms with Gasteiger partial charge in [-0.15, -0.1) is 0 Å². The van der Waals surface area contributed by atoms with Crippen LogP contribution in [0.25, 0.3) is 11.0 Å². The van der Waals surface area contributed by atoms with Crippen LogP contribution in [0.2, 0.25) is 0 Å². The summed E-state index contributed by atoms with van der Waals surface area (Å²) in [6.45, 7) is -0.902. The Morgan fingerprint density at radius 2 is 1.71 bits per heavy atom. The van der Waals surface area contributed by atoms with E-state index in [1.165, 1.54) is 64.7 Å². The minimum Gasteiger partial charge on any atom is -0.496 e. The van der Waals surface area contributed by atoms with Gasteiger partial charge in [0.15, 0.2) is 0 Å². The molecule has 1 heterocycles. The van der Waals surface area contributed by atoms with Gasteiger partial charge in [-0.1, -0.05) is 30.3 Å². The smallest absolute Gasteiger partial charge is 0.337 e. The average molecular weight is 562 g/mol. The number of amides is 2.